The molecule has 5 nitrogen and oxygen atoms in total. The van der Waals surface area contributed by atoms with Crippen molar-refractivity contribution in [1.82, 2.24) is 4.90 Å². The van der Waals surface area contributed by atoms with Crippen LogP contribution in [0.25, 0.3) is 0 Å². The van der Waals surface area contributed by atoms with Crippen LogP contribution in [0.5, 0.6) is 5.75 Å². The van der Waals surface area contributed by atoms with Crippen LogP contribution in [0.2, 0.25) is 5.02 Å². The Morgan fingerprint density at radius 3 is 2.36 bits per heavy atom. The van der Waals surface area contributed by atoms with Gasteiger partial charge in [0.15, 0.2) is 6.61 Å². The number of hydrogen-bond donors (Lipinski definition) is 1. The summed E-state index contributed by atoms with van der Waals surface area (Å²) in [5.41, 5.74) is 1.20. The molecule has 0 atom stereocenters. The van der Waals surface area contributed by atoms with Gasteiger partial charge in [-0.25, -0.2) is 0 Å². The van der Waals surface area contributed by atoms with E-state index < -0.39 is 0 Å². The highest BCUT2D eigenvalue weighted by Crippen LogP contribution is 2.17. The van der Waals surface area contributed by atoms with E-state index in [1.54, 1.807) is 53.4 Å². The minimum absolute atomic E-state index is 0.0211. The molecule has 0 saturated heterocycles. The summed E-state index contributed by atoms with van der Waals surface area (Å²) in [6.07, 6.45) is 0. The average molecular weight is 361 g/mol. The van der Waals surface area contributed by atoms with Crippen molar-refractivity contribution in [3.63, 3.8) is 0 Å². The van der Waals surface area contributed by atoms with Crippen molar-refractivity contribution in [1.29, 1.82) is 0 Å². The topological polar surface area (TPSA) is 58.6 Å². The molecule has 132 valence electrons. The van der Waals surface area contributed by atoms with Gasteiger partial charge in [0, 0.05) is 29.4 Å². The van der Waals surface area contributed by atoms with E-state index in [9.17, 15) is 9.59 Å². The lowest BCUT2D eigenvalue weighted by atomic mass is 10.2. The Morgan fingerprint density at radius 1 is 1.08 bits per heavy atom. The van der Waals surface area contributed by atoms with Crippen molar-refractivity contribution < 1.29 is 14.3 Å². The number of benzene rings is 2. The Balaban J connectivity index is 1.90. The lowest BCUT2D eigenvalue weighted by Crippen LogP contribution is -2.30. The molecule has 0 heterocycles. The Morgan fingerprint density at radius 2 is 1.76 bits per heavy atom. The first-order valence-corrected chi connectivity index (χ1v) is 8.48. The summed E-state index contributed by atoms with van der Waals surface area (Å²) in [4.78, 5) is 25.9. The van der Waals surface area contributed by atoms with E-state index in [2.05, 4.69) is 5.32 Å². The number of anilines is 1. The fraction of sp³-hybridized carbons (Fsp3) is 0.263. The number of nitrogens with zero attached hydrogens (tertiary/aromatic N) is 1. The normalized spacial score (nSPS) is 10.2. The first-order valence-electron chi connectivity index (χ1n) is 8.11. The first kappa shape index (κ1) is 18.8. The lowest BCUT2D eigenvalue weighted by Gasteiger charge is -2.18. The van der Waals surface area contributed by atoms with Crippen LogP contribution in [0.4, 0.5) is 5.69 Å². The molecule has 2 aromatic carbocycles. The van der Waals surface area contributed by atoms with Crippen LogP contribution in [0.15, 0.2) is 48.5 Å². The fourth-order valence-corrected chi connectivity index (χ4v) is 2.47. The maximum atomic E-state index is 12.2. The fourth-order valence-electron chi connectivity index (χ4n) is 2.29. The van der Waals surface area contributed by atoms with Crippen LogP contribution >= 0.6 is 11.6 Å². The number of hydrogen-bond acceptors (Lipinski definition) is 3. The van der Waals surface area contributed by atoms with E-state index in [1.807, 2.05) is 13.8 Å². The van der Waals surface area contributed by atoms with E-state index in [-0.39, 0.29) is 18.4 Å². The Bertz CT molecular complexity index is 728. The van der Waals surface area contributed by atoms with Crippen LogP contribution in [-0.4, -0.2) is 36.4 Å². The number of carbonyl (C=O) groups excluding carboxylic acids is 2. The van der Waals surface area contributed by atoms with Crippen LogP contribution in [0.3, 0.4) is 0 Å². The molecule has 0 radical (unpaired) electrons. The van der Waals surface area contributed by atoms with Crippen molar-refractivity contribution in [2.24, 2.45) is 0 Å². The Kier molecular flexibility index (Phi) is 6.83. The molecule has 2 aromatic rings. The predicted octanol–water partition coefficient (Wildman–Crippen LogP) is 3.84. The molecule has 0 fully saturated rings. The monoisotopic (exact) mass is 360 g/mol. The second kappa shape index (κ2) is 9.08. The molecule has 0 spiro atoms. The number of halogens is 1. The largest absolute Gasteiger partial charge is 0.484 e. The second-order valence-corrected chi connectivity index (χ2v) is 5.79. The zero-order chi connectivity index (χ0) is 18.2. The Labute approximate surface area is 152 Å². The summed E-state index contributed by atoms with van der Waals surface area (Å²) in [6, 6.07) is 13.7. The highest BCUT2D eigenvalue weighted by molar-refractivity contribution is 6.30. The van der Waals surface area contributed by atoms with Gasteiger partial charge in [-0.15, -0.1) is 0 Å². The van der Waals surface area contributed by atoms with Crippen molar-refractivity contribution in [2.45, 2.75) is 13.8 Å². The molecule has 0 aliphatic carbocycles. The molecule has 1 N–H and O–H groups in total. The molecule has 0 saturated carbocycles. The number of nitrogens with one attached hydrogen (secondary N) is 1. The van der Waals surface area contributed by atoms with E-state index in [0.29, 0.717) is 35.1 Å². The number of amides is 2. The lowest BCUT2D eigenvalue weighted by molar-refractivity contribution is -0.118. The van der Waals surface area contributed by atoms with Gasteiger partial charge in [0.05, 0.1) is 0 Å². The molecule has 2 rings (SSSR count). The minimum atomic E-state index is -0.289. The van der Waals surface area contributed by atoms with Gasteiger partial charge in [0.1, 0.15) is 5.75 Å². The van der Waals surface area contributed by atoms with Gasteiger partial charge in [-0.2, -0.15) is 0 Å². The number of carbonyl (C=O) groups is 2. The van der Waals surface area contributed by atoms with Crippen LogP contribution < -0.4 is 10.1 Å². The van der Waals surface area contributed by atoms with Crippen molar-refractivity contribution in [3.8, 4) is 5.75 Å². The Hall–Kier alpha value is -2.53. The first-order chi connectivity index (χ1) is 12.0. The van der Waals surface area contributed by atoms with Gasteiger partial charge >= 0.3 is 0 Å². The molecule has 25 heavy (non-hydrogen) atoms. The smallest absolute Gasteiger partial charge is 0.262 e. The zero-order valence-electron chi connectivity index (χ0n) is 14.3. The van der Waals surface area contributed by atoms with Crippen molar-refractivity contribution in [2.75, 3.05) is 25.0 Å². The number of ether oxygens (including phenoxy) is 1. The van der Waals surface area contributed by atoms with Gasteiger partial charge in [-0.1, -0.05) is 17.7 Å². The molecular formula is C19H21ClN2O3. The van der Waals surface area contributed by atoms with Crippen LogP contribution in [-0.2, 0) is 4.79 Å². The second-order valence-electron chi connectivity index (χ2n) is 5.35. The van der Waals surface area contributed by atoms with E-state index >= 15 is 0 Å². The minimum Gasteiger partial charge on any atom is -0.484 e. The highest BCUT2D eigenvalue weighted by atomic mass is 35.5. The van der Waals surface area contributed by atoms with E-state index in [4.69, 9.17) is 16.3 Å². The third kappa shape index (κ3) is 5.50. The van der Waals surface area contributed by atoms with Crippen LogP contribution in [0, 0.1) is 0 Å². The van der Waals surface area contributed by atoms with Crippen molar-refractivity contribution >= 4 is 29.1 Å². The van der Waals surface area contributed by atoms with E-state index in [1.165, 1.54) is 0 Å². The summed E-state index contributed by atoms with van der Waals surface area (Å²) < 4.78 is 5.39. The quantitative estimate of drug-likeness (QED) is 0.816. The van der Waals surface area contributed by atoms with E-state index in [0.717, 1.165) is 0 Å². The summed E-state index contributed by atoms with van der Waals surface area (Å²) in [7, 11) is 0. The molecule has 0 aliphatic rings. The molecule has 0 unspecified atom stereocenters. The van der Waals surface area contributed by atoms with Gasteiger partial charge in [0.2, 0.25) is 0 Å². The molecule has 0 aromatic heterocycles. The predicted molar refractivity (Wildman–Crippen MR) is 99.3 cm³/mol. The summed E-state index contributed by atoms with van der Waals surface area (Å²) >= 11 is 5.86. The molecule has 6 heteroatoms. The summed E-state index contributed by atoms with van der Waals surface area (Å²) in [5, 5.41) is 3.28. The van der Waals surface area contributed by atoms with Gasteiger partial charge in [-0.05, 0) is 56.3 Å². The number of rotatable bonds is 7. The molecular weight excluding hydrogens is 340 g/mol. The van der Waals surface area contributed by atoms with Crippen LogP contribution in [0.1, 0.15) is 24.2 Å². The van der Waals surface area contributed by atoms with Gasteiger partial charge < -0.3 is 15.0 Å². The third-order valence-electron chi connectivity index (χ3n) is 3.63. The SMILES string of the molecule is CCN(CC)C(=O)c1ccc(NC(=O)COc2cccc(Cl)c2)cc1. The van der Waals surface area contributed by atoms with Gasteiger partial charge in [-0.3, -0.25) is 9.59 Å². The summed E-state index contributed by atoms with van der Waals surface area (Å²) in [6.45, 7) is 5.08. The molecule has 0 aliphatic heterocycles. The molecule has 2 amide bonds. The molecule has 0 bridgehead atoms. The standard InChI is InChI=1S/C19H21ClN2O3/c1-3-22(4-2)19(24)14-8-10-16(11-9-14)21-18(23)13-25-17-7-5-6-15(20)12-17/h5-12H,3-4,13H2,1-2H3,(H,21,23). The average Bonchev–Trinajstić information content (AvgIpc) is 2.61. The summed E-state index contributed by atoms with van der Waals surface area (Å²) in [5.74, 6) is 0.220. The third-order valence-corrected chi connectivity index (χ3v) is 3.87. The maximum absolute atomic E-state index is 12.2. The zero-order valence-corrected chi connectivity index (χ0v) is 15.0. The highest BCUT2D eigenvalue weighted by Gasteiger charge is 2.12. The maximum Gasteiger partial charge on any atom is 0.262 e. The van der Waals surface area contributed by atoms with Gasteiger partial charge in [0.25, 0.3) is 11.8 Å². The van der Waals surface area contributed by atoms with Crippen molar-refractivity contribution in [3.05, 3.63) is 59.1 Å².